The summed E-state index contributed by atoms with van der Waals surface area (Å²) < 4.78 is 13.1. The van der Waals surface area contributed by atoms with Crippen LogP contribution in [-0.4, -0.2) is 9.97 Å². The minimum Gasteiger partial charge on any atom is -0.396 e. The van der Waals surface area contributed by atoms with Gasteiger partial charge in [0.1, 0.15) is 12.1 Å². The van der Waals surface area contributed by atoms with Crippen molar-refractivity contribution in [2.24, 2.45) is 0 Å². The Balaban J connectivity index is 2.58. The van der Waals surface area contributed by atoms with Crippen LogP contribution < -0.4 is 5.73 Å². The molecule has 0 radical (unpaired) electrons. The molecule has 0 amide bonds. The third-order valence-electron chi connectivity index (χ3n) is 1.91. The molecule has 0 saturated carbocycles. The zero-order chi connectivity index (χ0) is 9.97. The lowest BCUT2D eigenvalue weighted by molar-refractivity contribution is 0.633. The van der Waals surface area contributed by atoms with Crippen molar-refractivity contribution in [2.75, 3.05) is 5.73 Å². The molecule has 1 heterocycles. The summed E-state index contributed by atoms with van der Waals surface area (Å²) in [6.45, 7) is 0. The van der Waals surface area contributed by atoms with Gasteiger partial charge in [0.15, 0.2) is 0 Å². The molecular formula is C10H8FN3. The predicted octanol–water partition coefficient (Wildman–Crippen LogP) is 1.86. The molecule has 0 atom stereocenters. The number of rotatable bonds is 1. The Hall–Kier alpha value is -1.97. The Morgan fingerprint density at radius 3 is 2.79 bits per heavy atom. The summed E-state index contributed by atoms with van der Waals surface area (Å²) in [6.07, 6.45) is 2.99. The first kappa shape index (κ1) is 8.62. The SMILES string of the molecule is Nc1c(F)cccc1-c1ccncn1. The molecule has 2 rings (SSSR count). The number of halogens is 1. The highest BCUT2D eigenvalue weighted by Crippen LogP contribution is 2.25. The maximum Gasteiger partial charge on any atom is 0.146 e. The summed E-state index contributed by atoms with van der Waals surface area (Å²) in [5.41, 5.74) is 6.91. The molecular weight excluding hydrogens is 181 g/mol. The fourth-order valence-electron chi connectivity index (χ4n) is 1.21. The van der Waals surface area contributed by atoms with E-state index < -0.39 is 5.82 Å². The summed E-state index contributed by atoms with van der Waals surface area (Å²) in [6, 6.07) is 6.33. The second kappa shape index (κ2) is 3.41. The second-order valence-electron chi connectivity index (χ2n) is 2.80. The van der Waals surface area contributed by atoms with Gasteiger partial charge in [0, 0.05) is 11.8 Å². The first-order valence-electron chi connectivity index (χ1n) is 4.09. The molecule has 0 spiro atoms. The molecule has 0 aliphatic heterocycles. The standard InChI is InChI=1S/C10H8FN3/c11-8-3-1-2-7(10(8)12)9-4-5-13-6-14-9/h1-6H,12H2. The van der Waals surface area contributed by atoms with Crippen LogP contribution in [0.1, 0.15) is 0 Å². The molecule has 2 aromatic rings. The smallest absolute Gasteiger partial charge is 0.146 e. The van der Waals surface area contributed by atoms with Gasteiger partial charge in [0.25, 0.3) is 0 Å². The van der Waals surface area contributed by atoms with Gasteiger partial charge in [-0.15, -0.1) is 0 Å². The van der Waals surface area contributed by atoms with E-state index in [1.807, 2.05) is 0 Å². The number of para-hydroxylation sites is 1. The van der Waals surface area contributed by atoms with Gasteiger partial charge in [-0.05, 0) is 12.1 Å². The highest BCUT2D eigenvalue weighted by atomic mass is 19.1. The molecule has 0 aliphatic carbocycles. The average Bonchev–Trinajstić information content (AvgIpc) is 2.23. The Labute approximate surface area is 80.4 Å². The number of hydrogen-bond acceptors (Lipinski definition) is 3. The highest BCUT2D eigenvalue weighted by Gasteiger charge is 2.06. The lowest BCUT2D eigenvalue weighted by Crippen LogP contribution is -1.95. The van der Waals surface area contributed by atoms with Crippen LogP contribution in [-0.2, 0) is 0 Å². The molecule has 14 heavy (non-hydrogen) atoms. The molecule has 0 aliphatic rings. The van der Waals surface area contributed by atoms with Gasteiger partial charge in [-0.25, -0.2) is 14.4 Å². The van der Waals surface area contributed by atoms with E-state index in [9.17, 15) is 4.39 Å². The molecule has 3 nitrogen and oxygen atoms in total. The van der Waals surface area contributed by atoms with Gasteiger partial charge in [-0.1, -0.05) is 12.1 Å². The van der Waals surface area contributed by atoms with Crippen molar-refractivity contribution in [3.63, 3.8) is 0 Å². The quantitative estimate of drug-likeness (QED) is 0.696. The molecule has 0 unspecified atom stereocenters. The van der Waals surface area contributed by atoms with E-state index in [0.717, 1.165) is 0 Å². The number of nitrogen functional groups attached to an aromatic ring is 1. The van der Waals surface area contributed by atoms with E-state index in [0.29, 0.717) is 11.3 Å². The zero-order valence-electron chi connectivity index (χ0n) is 7.31. The summed E-state index contributed by atoms with van der Waals surface area (Å²) in [5.74, 6) is -0.430. The van der Waals surface area contributed by atoms with Crippen LogP contribution in [0.25, 0.3) is 11.3 Å². The van der Waals surface area contributed by atoms with E-state index >= 15 is 0 Å². The van der Waals surface area contributed by atoms with Crippen LogP contribution in [0.3, 0.4) is 0 Å². The van der Waals surface area contributed by atoms with Gasteiger partial charge in [0.2, 0.25) is 0 Å². The maximum absolute atomic E-state index is 13.1. The van der Waals surface area contributed by atoms with Gasteiger partial charge < -0.3 is 5.73 Å². The van der Waals surface area contributed by atoms with Crippen molar-refractivity contribution in [2.45, 2.75) is 0 Å². The number of nitrogens with two attached hydrogens (primary N) is 1. The Morgan fingerprint density at radius 1 is 1.21 bits per heavy atom. The van der Waals surface area contributed by atoms with Gasteiger partial charge in [-0.2, -0.15) is 0 Å². The first-order valence-corrected chi connectivity index (χ1v) is 4.09. The molecule has 4 heteroatoms. The van der Waals surface area contributed by atoms with Crippen LogP contribution in [0, 0.1) is 5.82 Å². The van der Waals surface area contributed by atoms with E-state index in [2.05, 4.69) is 9.97 Å². The topological polar surface area (TPSA) is 51.8 Å². The number of anilines is 1. The van der Waals surface area contributed by atoms with Gasteiger partial charge in [0.05, 0.1) is 11.4 Å². The van der Waals surface area contributed by atoms with E-state index in [4.69, 9.17) is 5.73 Å². The Bertz CT molecular complexity index is 442. The van der Waals surface area contributed by atoms with Gasteiger partial charge in [-0.3, -0.25) is 0 Å². The fraction of sp³-hybridized carbons (Fsp3) is 0. The molecule has 1 aromatic heterocycles. The van der Waals surface area contributed by atoms with Crippen LogP contribution in [0.2, 0.25) is 0 Å². The summed E-state index contributed by atoms with van der Waals surface area (Å²) in [4.78, 5) is 7.77. The molecule has 70 valence electrons. The van der Waals surface area contributed by atoms with Crippen molar-refractivity contribution < 1.29 is 4.39 Å². The van der Waals surface area contributed by atoms with Crippen LogP contribution >= 0.6 is 0 Å². The second-order valence-corrected chi connectivity index (χ2v) is 2.80. The van der Waals surface area contributed by atoms with E-state index in [-0.39, 0.29) is 5.69 Å². The van der Waals surface area contributed by atoms with Gasteiger partial charge >= 0.3 is 0 Å². The summed E-state index contributed by atoms with van der Waals surface area (Å²) in [5, 5.41) is 0. The lowest BCUT2D eigenvalue weighted by Gasteiger charge is -2.04. The average molecular weight is 189 g/mol. The molecule has 2 N–H and O–H groups in total. The Kier molecular flexibility index (Phi) is 2.10. The maximum atomic E-state index is 13.1. The van der Waals surface area contributed by atoms with Crippen molar-refractivity contribution in [3.8, 4) is 11.3 Å². The van der Waals surface area contributed by atoms with Crippen LogP contribution in [0.4, 0.5) is 10.1 Å². The van der Waals surface area contributed by atoms with Crippen molar-refractivity contribution in [3.05, 3.63) is 42.6 Å². The van der Waals surface area contributed by atoms with Crippen molar-refractivity contribution >= 4 is 5.69 Å². The van der Waals surface area contributed by atoms with Crippen molar-refractivity contribution in [1.82, 2.24) is 9.97 Å². The fourth-order valence-corrected chi connectivity index (χ4v) is 1.21. The largest absolute Gasteiger partial charge is 0.396 e. The molecule has 0 bridgehead atoms. The van der Waals surface area contributed by atoms with E-state index in [1.165, 1.54) is 12.4 Å². The molecule has 1 aromatic carbocycles. The number of aromatic nitrogens is 2. The summed E-state index contributed by atoms with van der Waals surface area (Å²) in [7, 11) is 0. The summed E-state index contributed by atoms with van der Waals surface area (Å²) >= 11 is 0. The van der Waals surface area contributed by atoms with Crippen molar-refractivity contribution in [1.29, 1.82) is 0 Å². The monoisotopic (exact) mass is 189 g/mol. The zero-order valence-corrected chi connectivity index (χ0v) is 7.31. The highest BCUT2D eigenvalue weighted by molar-refractivity contribution is 5.73. The third-order valence-corrected chi connectivity index (χ3v) is 1.91. The number of benzene rings is 1. The predicted molar refractivity (Wildman–Crippen MR) is 51.8 cm³/mol. The minimum absolute atomic E-state index is 0.117. The molecule has 0 saturated heterocycles. The Morgan fingerprint density at radius 2 is 2.07 bits per heavy atom. The number of hydrogen-bond donors (Lipinski definition) is 1. The first-order chi connectivity index (χ1) is 6.79. The number of nitrogens with zero attached hydrogens (tertiary/aromatic N) is 2. The lowest BCUT2D eigenvalue weighted by atomic mass is 10.1. The molecule has 0 fully saturated rings. The normalized spacial score (nSPS) is 10.1. The minimum atomic E-state index is -0.430. The van der Waals surface area contributed by atoms with E-state index in [1.54, 1.807) is 24.4 Å². The van der Waals surface area contributed by atoms with Crippen LogP contribution in [0.5, 0.6) is 0 Å². The third kappa shape index (κ3) is 1.42. The van der Waals surface area contributed by atoms with Crippen LogP contribution in [0.15, 0.2) is 36.8 Å².